The van der Waals surface area contributed by atoms with E-state index in [9.17, 15) is 0 Å². The number of oxazole rings is 1. The number of aromatic nitrogens is 2. The van der Waals surface area contributed by atoms with Gasteiger partial charge in [0.2, 0.25) is 5.89 Å². The maximum Gasteiger partial charge on any atom is 0.208 e. The first-order valence-corrected chi connectivity index (χ1v) is 9.22. The molecule has 0 radical (unpaired) electrons. The molecule has 0 unspecified atom stereocenters. The molecular formula is C18H19N3OS. The summed E-state index contributed by atoms with van der Waals surface area (Å²) in [5.74, 6) is 2.57. The highest BCUT2D eigenvalue weighted by molar-refractivity contribution is 7.18. The second-order valence-electron chi connectivity index (χ2n) is 6.58. The average molecular weight is 325 g/mol. The lowest BCUT2D eigenvalue weighted by Crippen LogP contribution is -2.22. The summed E-state index contributed by atoms with van der Waals surface area (Å²) in [7, 11) is 0. The Morgan fingerprint density at radius 2 is 2.13 bits per heavy atom. The molecule has 2 aromatic heterocycles. The molecule has 4 nitrogen and oxygen atoms in total. The maximum atomic E-state index is 5.94. The summed E-state index contributed by atoms with van der Waals surface area (Å²) in [6.45, 7) is 1.90. The summed E-state index contributed by atoms with van der Waals surface area (Å²) < 4.78 is 7.22. The zero-order chi connectivity index (χ0) is 15.2. The van der Waals surface area contributed by atoms with Crippen molar-refractivity contribution < 1.29 is 4.42 Å². The van der Waals surface area contributed by atoms with Gasteiger partial charge in [0, 0.05) is 5.92 Å². The molecule has 1 saturated carbocycles. The summed E-state index contributed by atoms with van der Waals surface area (Å²) in [6, 6.07) is 8.81. The molecule has 0 bridgehead atoms. The molecule has 0 spiro atoms. The third-order valence-electron chi connectivity index (χ3n) is 4.85. The van der Waals surface area contributed by atoms with Crippen molar-refractivity contribution in [2.75, 3.05) is 6.54 Å². The quantitative estimate of drug-likeness (QED) is 0.708. The van der Waals surface area contributed by atoms with E-state index in [4.69, 9.17) is 9.40 Å². The van der Waals surface area contributed by atoms with Gasteiger partial charge < -0.3 is 4.42 Å². The second kappa shape index (κ2) is 5.42. The van der Waals surface area contributed by atoms with Crippen molar-refractivity contribution >= 4 is 21.6 Å². The molecule has 5 rings (SSSR count). The van der Waals surface area contributed by atoms with Crippen LogP contribution in [0.4, 0.5) is 0 Å². The third-order valence-corrected chi connectivity index (χ3v) is 5.99. The first-order chi connectivity index (χ1) is 11.4. The Morgan fingerprint density at radius 1 is 1.22 bits per heavy atom. The highest BCUT2D eigenvalue weighted by Gasteiger charge is 2.31. The lowest BCUT2D eigenvalue weighted by atomic mass is 10.2. The van der Waals surface area contributed by atoms with Crippen molar-refractivity contribution in [1.82, 2.24) is 14.9 Å². The zero-order valence-corrected chi connectivity index (χ0v) is 13.8. The SMILES string of the molecule is c1ccc2sc([C@@H]3CCCN3Cc3ncc(C4CC4)o3)nc2c1. The van der Waals surface area contributed by atoms with E-state index in [-0.39, 0.29) is 0 Å². The molecule has 3 heterocycles. The molecule has 0 N–H and O–H groups in total. The Balaban J connectivity index is 1.38. The smallest absolute Gasteiger partial charge is 0.208 e. The van der Waals surface area contributed by atoms with E-state index in [0.29, 0.717) is 12.0 Å². The minimum Gasteiger partial charge on any atom is -0.444 e. The Labute approximate surface area is 139 Å². The lowest BCUT2D eigenvalue weighted by Gasteiger charge is -2.20. The monoisotopic (exact) mass is 325 g/mol. The van der Waals surface area contributed by atoms with E-state index < -0.39 is 0 Å². The molecule has 1 aliphatic carbocycles. The number of hydrogen-bond acceptors (Lipinski definition) is 5. The van der Waals surface area contributed by atoms with Gasteiger partial charge in [0.1, 0.15) is 10.8 Å². The molecule has 118 valence electrons. The number of rotatable bonds is 4. The predicted octanol–water partition coefficient (Wildman–Crippen LogP) is 4.50. The summed E-state index contributed by atoms with van der Waals surface area (Å²) >= 11 is 1.83. The normalized spacial score (nSPS) is 22.2. The molecule has 5 heteroatoms. The van der Waals surface area contributed by atoms with Crippen molar-refractivity contribution in [3.05, 3.63) is 47.1 Å². The second-order valence-corrected chi connectivity index (χ2v) is 7.64. The summed E-state index contributed by atoms with van der Waals surface area (Å²) in [4.78, 5) is 11.8. The fourth-order valence-corrected chi connectivity index (χ4v) is 4.59. The minimum atomic E-state index is 0.406. The lowest BCUT2D eigenvalue weighted by molar-refractivity contribution is 0.221. The summed E-state index contributed by atoms with van der Waals surface area (Å²) in [6.07, 6.45) is 6.84. The number of para-hydroxylation sites is 1. The van der Waals surface area contributed by atoms with E-state index in [0.717, 1.165) is 30.3 Å². The van der Waals surface area contributed by atoms with Crippen LogP contribution in [0.3, 0.4) is 0 Å². The predicted molar refractivity (Wildman–Crippen MR) is 90.5 cm³/mol. The van der Waals surface area contributed by atoms with Gasteiger partial charge in [-0.2, -0.15) is 0 Å². The Bertz CT molecular complexity index is 803. The van der Waals surface area contributed by atoms with E-state index in [1.54, 1.807) is 0 Å². The van der Waals surface area contributed by atoms with Gasteiger partial charge in [-0.3, -0.25) is 4.90 Å². The van der Waals surface area contributed by atoms with Gasteiger partial charge in [-0.15, -0.1) is 11.3 Å². The molecule has 1 saturated heterocycles. The van der Waals surface area contributed by atoms with E-state index in [2.05, 4.69) is 34.1 Å². The molecule has 23 heavy (non-hydrogen) atoms. The molecular weight excluding hydrogens is 306 g/mol. The van der Waals surface area contributed by atoms with Gasteiger partial charge in [-0.25, -0.2) is 9.97 Å². The number of hydrogen-bond donors (Lipinski definition) is 0. The van der Waals surface area contributed by atoms with Crippen molar-refractivity contribution in [2.45, 2.75) is 44.2 Å². The van der Waals surface area contributed by atoms with E-state index in [1.165, 1.54) is 35.4 Å². The molecule has 1 aromatic carbocycles. The maximum absolute atomic E-state index is 5.94. The largest absolute Gasteiger partial charge is 0.444 e. The van der Waals surface area contributed by atoms with Crippen LogP contribution in [0.1, 0.15) is 54.3 Å². The Kier molecular flexibility index (Phi) is 3.23. The van der Waals surface area contributed by atoms with Crippen molar-refractivity contribution in [3.63, 3.8) is 0 Å². The van der Waals surface area contributed by atoms with Gasteiger partial charge in [-0.1, -0.05) is 12.1 Å². The fourth-order valence-electron chi connectivity index (χ4n) is 3.46. The molecule has 3 aromatic rings. The molecule has 0 amide bonds. The standard InChI is InChI=1S/C18H19N3OS/c1-2-6-16-13(4-1)20-18(23-16)14-5-3-9-21(14)11-17-19-10-15(22-17)12-7-8-12/h1-2,4,6,10,12,14H,3,5,7-9,11H2/t14-/m0/s1. The van der Waals surface area contributed by atoms with Crippen molar-refractivity contribution in [3.8, 4) is 0 Å². The summed E-state index contributed by atoms with van der Waals surface area (Å²) in [5, 5.41) is 1.23. The minimum absolute atomic E-state index is 0.406. The van der Waals surface area contributed by atoms with E-state index >= 15 is 0 Å². The fraction of sp³-hybridized carbons (Fsp3) is 0.444. The first-order valence-electron chi connectivity index (χ1n) is 8.41. The number of fused-ring (bicyclic) bond motifs is 1. The number of nitrogens with zero attached hydrogens (tertiary/aromatic N) is 3. The van der Waals surface area contributed by atoms with Crippen LogP contribution in [0.25, 0.3) is 10.2 Å². The van der Waals surface area contributed by atoms with Gasteiger partial charge in [0.05, 0.1) is 29.0 Å². The van der Waals surface area contributed by atoms with Crippen LogP contribution >= 0.6 is 11.3 Å². The number of likely N-dealkylation sites (tertiary alicyclic amines) is 1. The van der Waals surface area contributed by atoms with Crippen molar-refractivity contribution in [1.29, 1.82) is 0 Å². The average Bonchev–Trinajstić information content (AvgIpc) is 3.00. The Morgan fingerprint density at radius 3 is 3.00 bits per heavy atom. The molecule has 2 fully saturated rings. The zero-order valence-electron chi connectivity index (χ0n) is 12.9. The van der Waals surface area contributed by atoms with Crippen LogP contribution in [0.5, 0.6) is 0 Å². The van der Waals surface area contributed by atoms with Crippen LogP contribution in [-0.2, 0) is 6.54 Å². The van der Waals surface area contributed by atoms with Crippen LogP contribution in [0.2, 0.25) is 0 Å². The van der Waals surface area contributed by atoms with Crippen LogP contribution in [0, 0.1) is 0 Å². The van der Waals surface area contributed by atoms with Crippen LogP contribution in [-0.4, -0.2) is 21.4 Å². The van der Waals surface area contributed by atoms with Gasteiger partial charge in [0.15, 0.2) is 0 Å². The number of benzene rings is 1. The number of thiazole rings is 1. The molecule has 1 atom stereocenters. The van der Waals surface area contributed by atoms with Gasteiger partial charge in [-0.05, 0) is 44.4 Å². The van der Waals surface area contributed by atoms with Gasteiger partial charge >= 0.3 is 0 Å². The highest BCUT2D eigenvalue weighted by Crippen LogP contribution is 2.41. The van der Waals surface area contributed by atoms with Crippen LogP contribution in [0.15, 0.2) is 34.9 Å². The molecule has 1 aliphatic heterocycles. The first kappa shape index (κ1) is 13.7. The topological polar surface area (TPSA) is 42.2 Å². The van der Waals surface area contributed by atoms with Crippen molar-refractivity contribution in [2.24, 2.45) is 0 Å². The molecule has 2 aliphatic rings. The van der Waals surface area contributed by atoms with Crippen LogP contribution < -0.4 is 0 Å². The van der Waals surface area contributed by atoms with E-state index in [1.807, 2.05) is 17.5 Å². The highest BCUT2D eigenvalue weighted by atomic mass is 32.1. The Hall–Kier alpha value is -1.72. The van der Waals surface area contributed by atoms with Gasteiger partial charge in [0.25, 0.3) is 0 Å². The third kappa shape index (κ3) is 2.58. The summed E-state index contributed by atoms with van der Waals surface area (Å²) in [5.41, 5.74) is 1.12.